The van der Waals surface area contributed by atoms with E-state index in [4.69, 9.17) is 24.5 Å². The Bertz CT molecular complexity index is 1730. The number of hydrogen-bond acceptors (Lipinski definition) is 11. The lowest BCUT2D eigenvalue weighted by atomic mass is 10.1. The predicted octanol–water partition coefficient (Wildman–Crippen LogP) is 5.14. The molecular weight excluding hydrogens is 767 g/mol. The Hall–Kier alpha value is -4.92. The van der Waals surface area contributed by atoms with Crippen LogP contribution in [0.25, 0.3) is 0 Å². The zero-order valence-corrected chi connectivity index (χ0v) is 33.9. The molecule has 6 N–H and O–H groups in total. The Balaban J connectivity index is 1.46. The molecule has 4 atom stereocenters. The molecule has 0 saturated carbocycles. The molecule has 0 bridgehead atoms. The lowest BCUT2D eigenvalue weighted by molar-refractivity contribution is -0.150. The average Bonchev–Trinajstić information content (AvgIpc) is 3.22. The quantitative estimate of drug-likeness (QED) is 0.0277. The van der Waals surface area contributed by atoms with Crippen molar-refractivity contribution < 1.29 is 52.2 Å². The van der Waals surface area contributed by atoms with Gasteiger partial charge < -0.3 is 35.5 Å². The van der Waals surface area contributed by atoms with Gasteiger partial charge in [-0.15, -0.1) is 0 Å². The van der Waals surface area contributed by atoms with E-state index in [2.05, 4.69) is 15.7 Å². The first-order valence-electron chi connectivity index (χ1n) is 19.6. The van der Waals surface area contributed by atoms with E-state index in [1.165, 1.54) is 0 Å². The van der Waals surface area contributed by atoms with Crippen molar-refractivity contribution in [3.63, 3.8) is 0 Å². The molecule has 0 aliphatic heterocycles. The van der Waals surface area contributed by atoms with Crippen LogP contribution >= 0.6 is 7.75 Å². The molecule has 16 heteroatoms. The largest absolute Gasteiger partial charge is 0.461 e. The summed E-state index contributed by atoms with van der Waals surface area (Å²) >= 11 is 0. The number of amides is 2. The molecule has 0 aliphatic rings. The molecule has 0 aromatic heterocycles. The fourth-order valence-corrected chi connectivity index (χ4v) is 6.67. The van der Waals surface area contributed by atoms with Crippen LogP contribution in [-0.2, 0) is 67.1 Å². The fourth-order valence-electron chi connectivity index (χ4n) is 5.59. The molecule has 3 rings (SSSR count). The number of carbonyl (C=O) groups is 5. The van der Waals surface area contributed by atoms with E-state index >= 15 is 0 Å². The molecule has 0 saturated heterocycles. The number of benzene rings is 3. The highest BCUT2D eigenvalue weighted by Crippen LogP contribution is 2.38. The van der Waals surface area contributed by atoms with E-state index < -0.39 is 37.7 Å². The molecule has 3 aromatic rings. The maximum atomic E-state index is 13.0. The zero-order valence-electron chi connectivity index (χ0n) is 33.1. The summed E-state index contributed by atoms with van der Waals surface area (Å²) in [5.74, 6) is -2.77. The smallest absolute Gasteiger partial charge is 0.403 e. The van der Waals surface area contributed by atoms with E-state index in [-0.39, 0.29) is 82.8 Å². The summed E-state index contributed by atoms with van der Waals surface area (Å²) in [6, 6.07) is 24.3. The maximum Gasteiger partial charge on any atom is 0.403 e. The minimum Gasteiger partial charge on any atom is -0.461 e. The number of nitrogens with one attached hydrogen (secondary N) is 3. The molecule has 0 aliphatic carbocycles. The van der Waals surface area contributed by atoms with Crippen molar-refractivity contribution >= 4 is 37.5 Å². The van der Waals surface area contributed by atoms with Gasteiger partial charge in [-0.05, 0) is 68.7 Å². The topological polar surface area (TPSA) is 222 Å². The van der Waals surface area contributed by atoms with Crippen LogP contribution in [0.5, 0.6) is 0 Å². The van der Waals surface area contributed by atoms with Crippen LogP contribution in [0.1, 0.15) is 87.8 Å². The molecule has 3 aromatic carbocycles. The third-order valence-electron chi connectivity index (χ3n) is 8.77. The number of hydrogen-bond donors (Lipinski definition) is 5. The van der Waals surface area contributed by atoms with Gasteiger partial charge in [-0.3, -0.25) is 23.7 Å². The second-order valence-electron chi connectivity index (χ2n) is 13.8. The summed E-state index contributed by atoms with van der Waals surface area (Å²) in [6.07, 6.45) is 2.54. The Morgan fingerprint density at radius 2 is 1.12 bits per heavy atom. The van der Waals surface area contributed by atoms with Gasteiger partial charge in [-0.25, -0.2) is 14.4 Å². The standard InChI is InChI=1S/C42H57N4O11P/c1-32(44-39(48)25-23-36(45-38(47)22-12-5-13-27-43)41(50)55-30-34-18-8-3-9-19-34)15-14-28-57-58(52,53)46-37(42(51)56-31-35-20-10-4-11-21-35)24-26-40(49)54-29-33-16-6-2-7-17-33/h2-4,6-11,16-21,32,36-37H,5,12-15,22-31,43H2,1H3,(H,44,48)(H,45,47)(H2,46,52,53)/t32-,36+,37+/m1/s1. The van der Waals surface area contributed by atoms with Crippen molar-refractivity contribution in [2.24, 2.45) is 5.73 Å². The van der Waals surface area contributed by atoms with Gasteiger partial charge in [0.15, 0.2) is 0 Å². The van der Waals surface area contributed by atoms with Gasteiger partial charge in [0.25, 0.3) is 0 Å². The van der Waals surface area contributed by atoms with Crippen molar-refractivity contribution in [3.05, 3.63) is 108 Å². The van der Waals surface area contributed by atoms with Gasteiger partial charge >= 0.3 is 25.7 Å². The molecule has 2 amide bonds. The summed E-state index contributed by atoms with van der Waals surface area (Å²) in [5.41, 5.74) is 7.80. The lowest BCUT2D eigenvalue weighted by Gasteiger charge is -2.21. The summed E-state index contributed by atoms with van der Waals surface area (Å²) < 4.78 is 34.4. The summed E-state index contributed by atoms with van der Waals surface area (Å²) in [7, 11) is -4.56. The van der Waals surface area contributed by atoms with Gasteiger partial charge in [0, 0.05) is 25.3 Å². The Morgan fingerprint density at radius 3 is 1.67 bits per heavy atom. The monoisotopic (exact) mass is 824 g/mol. The highest BCUT2D eigenvalue weighted by Gasteiger charge is 2.31. The molecule has 0 radical (unpaired) electrons. The maximum absolute atomic E-state index is 13.0. The van der Waals surface area contributed by atoms with Gasteiger partial charge in [0.05, 0.1) is 6.61 Å². The van der Waals surface area contributed by atoms with Crippen LogP contribution in [0, 0.1) is 0 Å². The van der Waals surface area contributed by atoms with Gasteiger partial charge in [0.2, 0.25) is 11.8 Å². The zero-order chi connectivity index (χ0) is 42.0. The summed E-state index contributed by atoms with van der Waals surface area (Å²) in [5, 5.41) is 7.86. The van der Waals surface area contributed by atoms with Crippen LogP contribution < -0.4 is 21.5 Å². The van der Waals surface area contributed by atoms with Crippen LogP contribution in [0.15, 0.2) is 91.0 Å². The highest BCUT2D eigenvalue weighted by atomic mass is 31.2. The second-order valence-corrected chi connectivity index (χ2v) is 15.3. The van der Waals surface area contributed by atoms with Crippen molar-refractivity contribution in [2.75, 3.05) is 13.2 Å². The van der Waals surface area contributed by atoms with Gasteiger partial charge in [-0.1, -0.05) is 97.4 Å². The summed E-state index contributed by atoms with van der Waals surface area (Å²) in [6.45, 7) is 2.06. The Morgan fingerprint density at radius 1 is 0.621 bits per heavy atom. The first-order chi connectivity index (χ1) is 27.9. The highest BCUT2D eigenvalue weighted by molar-refractivity contribution is 7.50. The SMILES string of the molecule is C[C@H](CCCOP(=O)(O)N[C@@H](CCC(=O)OCc1ccccc1)C(=O)OCc1ccccc1)NC(=O)CC[C@H](NC(=O)CCCCCN)C(=O)OCc1ccccc1. The number of nitrogens with two attached hydrogens (primary N) is 1. The van der Waals surface area contributed by atoms with E-state index in [0.29, 0.717) is 24.9 Å². The number of esters is 3. The second kappa shape index (κ2) is 26.9. The molecule has 15 nitrogen and oxygen atoms in total. The van der Waals surface area contributed by atoms with Gasteiger partial charge in [-0.2, -0.15) is 0 Å². The van der Waals surface area contributed by atoms with Crippen molar-refractivity contribution in [2.45, 2.75) is 109 Å². The van der Waals surface area contributed by atoms with E-state index in [0.717, 1.165) is 24.0 Å². The van der Waals surface area contributed by atoms with Crippen molar-refractivity contribution in [3.8, 4) is 0 Å². The Kier molecular flexibility index (Phi) is 22.0. The van der Waals surface area contributed by atoms with E-state index in [9.17, 15) is 33.4 Å². The lowest BCUT2D eigenvalue weighted by Crippen LogP contribution is -2.43. The number of ether oxygens (including phenoxy) is 3. The molecule has 0 heterocycles. The number of carbonyl (C=O) groups excluding carboxylic acids is 5. The van der Waals surface area contributed by atoms with E-state index in [1.807, 2.05) is 54.6 Å². The molecule has 316 valence electrons. The minimum absolute atomic E-state index is 0.0168. The van der Waals surface area contributed by atoms with E-state index in [1.54, 1.807) is 43.3 Å². The first kappa shape index (κ1) is 47.5. The first-order valence-corrected chi connectivity index (χ1v) is 21.2. The van der Waals surface area contributed by atoms with Crippen LogP contribution in [0.3, 0.4) is 0 Å². The molecule has 58 heavy (non-hydrogen) atoms. The van der Waals surface area contributed by atoms with Crippen LogP contribution in [-0.4, -0.2) is 65.9 Å². The molecule has 0 spiro atoms. The van der Waals surface area contributed by atoms with Crippen molar-refractivity contribution in [1.82, 2.24) is 15.7 Å². The molecule has 0 fully saturated rings. The average molecular weight is 825 g/mol. The van der Waals surface area contributed by atoms with Crippen LogP contribution in [0.2, 0.25) is 0 Å². The number of unbranched alkanes of at least 4 members (excludes halogenated alkanes) is 2. The molecule has 1 unspecified atom stereocenters. The van der Waals surface area contributed by atoms with Crippen molar-refractivity contribution in [1.29, 1.82) is 0 Å². The normalized spacial score (nSPS) is 13.6. The third-order valence-corrected chi connectivity index (χ3v) is 9.94. The molecular formula is C42H57N4O11P. The van der Waals surface area contributed by atoms with Crippen LogP contribution in [0.4, 0.5) is 0 Å². The fraction of sp³-hybridized carbons (Fsp3) is 0.452. The summed E-state index contributed by atoms with van der Waals surface area (Å²) in [4.78, 5) is 74.5. The number of rotatable bonds is 28. The predicted molar refractivity (Wildman–Crippen MR) is 216 cm³/mol. The minimum atomic E-state index is -4.56. The van der Waals surface area contributed by atoms with Gasteiger partial charge in [0.1, 0.15) is 31.9 Å². The third kappa shape index (κ3) is 20.5. The Labute approximate surface area is 340 Å².